The highest BCUT2D eigenvalue weighted by Crippen LogP contribution is 2.47. The van der Waals surface area contributed by atoms with Crippen molar-refractivity contribution in [2.45, 2.75) is 56.8 Å². The first kappa shape index (κ1) is 19.3. The molecule has 3 aliphatic heterocycles. The maximum Gasteiger partial charge on any atom is 0.217 e. The Morgan fingerprint density at radius 2 is 1.86 bits per heavy atom. The summed E-state index contributed by atoms with van der Waals surface area (Å²) >= 11 is 0. The number of benzene rings is 1. The van der Waals surface area contributed by atoms with E-state index in [1.54, 1.807) is 14.0 Å². The van der Waals surface area contributed by atoms with Gasteiger partial charge in [0, 0.05) is 44.2 Å². The van der Waals surface area contributed by atoms with Gasteiger partial charge >= 0.3 is 0 Å². The normalized spacial score (nSPS) is 26.4. The summed E-state index contributed by atoms with van der Waals surface area (Å²) in [5.41, 5.74) is 0.649. The largest absolute Gasteiger partial charge is 0.496 e. The highest BCUT2D eigenvalue weighted by molar-refractivity contribution is 5.73. The number of carbonyl (C=O) groups is 1. The van der Waals surface area contributed by atoms with Gasteiger partial charge in [-0.25, -0.2) is 0 Å². The Morgan fingerprint density at radius 1 is 1.14 bits per heavy atom. The maximum atomic E-state index is 11.7. The van der Waals surface area contributed by atoms with Gasteiger partial charge < -0.3 is 29.0 Å². The first-order valence-electron chi connectivity index (χ1n) is 10.1. The summed E-state index contributed by atoms with van der Waals surface area (Å²) < 4.78 is 29.6. The average molecular weight is 391 g/mol. The van der Waals surface area contributed by atoms with Crippen molar-refractivity contribution < 1.29 is 28.5 Å². The quantitative estimate of drug-likeness (QED) is 0.854. The van der Waals surface area contributed by atoms with Crippen molar-refractivity contribution in [2.24, 2.45) is 0 Å². The van der Waals surface area contributed by atoms with E-state index < -0.39 is 0 Å². The Kier molecular flexibility index (Phi) is 5.64. The topological polar surface area (TPSA) is 75.3 Å². The van der Waals surface area contributed by atoms with Crippen molar-refractivity contribution >= 4 is 5.91 Å². The first-order chi connectivity index (χ1) is 13.6. The van der Waals surface area contributed by atoms with Gasteiger partial charge in [0.1, 0.15) is 5.75 Å². The van der Waals surface area contributed by atoms with Crippen molar-refractivity contribution in [3.05, 3.63) is 17.7 Å². The predicted molar refractivity (Wildman–Crippen MR) is 102 cm³/mol. The molecular formula is C21H29NO6. The van der Waals surface area contributed by atoms with Crippen LogP contribution in [0, 0.1) is 0 Å². The number of ether oxygens (including phenoxy) is 5. The summed E-state index contributed by atoms with van der Waals surface area (Å²) in [6, 6.07) is 3.92. The molecule has 0 unspecified atom stereocenters. The maximum absolute atomic E-state index is 11.7. The van der Waals surface area contributed by atoms with Gasteiger partial charge in [-0.3, -0.25) is 4.79 Å². The highest BCUT2D eigenvalue weighted by Gasteiger charge is 2.44. The second kappa shape index (κ2) is 8.17. The van der Waals surface area contributed by atoms with E-state index in [1.807, 2.05) is 12.1 Å². The van der Waals surface area contributed by atoms with E-state index in [-0.39, 0.29) is 23.7 Å². The van der Waals surface area contributed by atoms with E-state index in [2.05, 4.69) is 5.32 Å². The molecule has 0 radical (unpaired) electrons. The lowest BCUT2D eigenvalue weighted by molar-refractivity contribution is -0.179. The second-order valence-electron chi connectivity index (χ2n) is 7.83. The van der Waals surface area contributed by atoms with E-state index in [9.17, 15) is 4.79 Å². The lowest BCUT2D eigenvalue weighted by Gasteiger charge is -2.47. The van der Waals surface area contributed by atoms with Gasteiger partial charge in [0.15, 0.2) is 11.5 Å². The molecule has 0 aromatic heterocycles. The number of hydrogen-bond acceptors (Lipinski definition) is 6. The predicted octanol–water partition coefficient (Wildman–Crippen LogP) is 2.76. The van der Waals surface area contributed by atoms with Crippen LogP contribution < -0.4 is 19.5 Å². The Labute approximate surface area is 165 Å². The molecule has 1 N–H and O–H groups in total. The number of rotatable bonds is 3. The van der Waals surface area contributed by atoms with Crippen molar-refractivity contribution in [1.82, 2.24) is 5.32 Å². The van der Waals surface area contributed by atoms with Crippen molar-refractivity contribution in [3.8, 4) is 17.2 Å². The van der Waals surface area contributed by atoms with Gasteiger partial charge in [-0.2, -0.15) is 0 Å². The number of methoxy groups -OCH3 is 1. The summed E-state index contributed by atoms with van der Waals surface area (Å²) in [5.74, 6) is 2.13. The summed E-state index contributed by atoms with van der Waals surface area (Å²) in [6.45, 7) is 4.17. The minimum Gasteiger partial charge on any atom is -0.496 e. The van der Waals surface area contributed by atoms with E-state index in [4.69, 9.17) is 23.7 Å². The lowest BCUT2D eigenvalue weighted by atomic mass is 9.81. The summed E-state index contributed by atoms with van der Waals surface area (Å²) in [5, 5.41) is 3.11. The van der Waals surface area contributed by atoms with Gasteiger partial charge in [0.05, 0.1) is 32.0 Å². The SMILES string of the molecule is COc1cc2c(cc1[C@H]1C[C@@H](NC(C)=O)CC3(CCOCC3)O1)OCCCO2. The summed E-state index contributed by atoms with van der Waals surface area (Å²) in [4.78, 5) is 11.7. The molecule has 1 spiro atoms. The summed E-state index contributed by atoms with van der Waals surface area (Å²) in [7, 11) is 1.65. The summed E-state index contributed by atoms with van der Waals surface area (Å²) in [6.07, 6.45) is 3.80. The van der Waals surface area contributed by atoms with Crippen LogP contribution in [0.15, 0.2) is 12.1 Å². The molecule has 7 heteroatoms. The molecule has 2 fully saturated rings. The van der Waals surface area contributed by atoms with Crippen LogP contribution in [0.4, 0.5) is 0 Å². The molecule has 0 saturated carbocycles. The second-order valence-corrected chi connectivity index (χ2v) is 7.83. The molecule has 1 aromatic carbocycles. The Balaban J connectivity index is 1.67. The third kappa shape index (κ3) is 4.05. The molecule has 1 amide bonds. The lowest BCUT2D eigenvalue weighted by Crippen LogP contribution is -2.51. The minimum atomic E-state index is -0.288. The number of amides is 1. The van der Waals surface area contributed by atoms with Crippen molar-refractivity contribution in [2.75, 3.05) is 33.5 Å². The molecule has 4 rings (SSSR count). The van der Waals surface area contributed by atoms with Crippen LogP contribution in [-0.4, -0.2) is 51.1 Å². The van der Waals surface area contributed by atoms with Gasteiger partial charge in [-0.15, -0.1) is 0 Å². The fraction of sp³-hybridized carbons (Fsp3) is 0.667. The van der Waals surface area contributed by atoms with Gasteiger partial charge in [-0.05, 0) is 31.7 Å². The number of nitrogens with one attached hydrogen (secondary N) is 1. The molecule has 7 nitrogen and oxygen atoms in total. The molecule has 1 aromatic rings. The third-order valence-electron chi connectivity index (χ3n) is 5.77. The zero-order chi connectivity index (χ0) is 19.6. The van der Waals surface area contributed by atoms with Crippen molar-refractivity contribution in [3.63, 3.8) is 0 Å². The molecule has 3 aliphatic rings. The van der Waals surface area contributed by atoms with Crippen LogP contribution in [0.3, 0.4) is 0 Å². The highest BCUT2D eigenvalue weighted by atomic mass is 16.5. The van der Waals surface area contributed by atoms with E-state index in [0.717, 1.165) is 42.7 Å². The van der Waals surface area contributed by atoms with E-state index in [1.165, 1.54) is 0 Å². The monoisotopic (exact) mass is 391 g/mol. The van der Waals surface area contributed by atoms with Crippen LogP contribution in [0.1, 0.15) is 50.7 Å². The van der Waals surface area contributed by atoms with E-state index >= 15 is 0 Å². The number of fused-ring (bicyclic) bond motifs is 1. The first-order valence-corrected chi connectivity index (χ1v) is 10.1. The fourth-order valence-electron chi connectivity index (χ4n) is 4.48. The molecule has 2 atom stereocenters. The molecule has 2 saturated heterocycles. The molecule has 0 bridgehead atoms. The average Bonchev–Trinajstić information content (AvgIpc) is 2.91. The fourth-order valence-corrected chi connectivity index (χ4v) is 4.48. The van der Waals surface area contributed by atoms with Crippen LogP contribution in [0.5, 0.6) is 17.2 Å². The molecule has 0 aliphatic carbocycles. The minimum absolute atomic E-state index is 0.0153. The van der Waals surface area contributed by atoms with Crippen LogP contribution in [0.25, 0.3) is 0 Å². The standard InChI is InChI=1S/C21H29NO6/c1-14(23)22-15-10-18(28-21(13-15)4-8-25-9-5-21)16-11-19-20(12-17(16)24-2)27-7-3-6-26-19/h11-12,15,18H,3-10,13H2,1-2H3,(H,22,23)/t15-,18-/m1/s1. The smallest absolute Gasteiger partial charge is 0.217 e. The van der Waals surface area contributed by atoms with Crippen molar-refractivity contribution in [1.29, 1.82) is 0 Å². The number of carbonyl (C=O) groups excluding carboxylic acids is 1. The number of hydrogen-bond donors (Lipinski definition) is 1. The zero-order valence-corrected chi connectivity index (χ0v) is 16.6. The van der Waals surface area contributed by atoms with Crippen LogP contribution >= 0.6 is 0 Å². The van der Waals surface area contributed by atoms with Gasteiger partial charge in [0.25, 0.3) is 0 Å². The van der Waals surface area contributed by atoms with Crippen LogP contribution in [-0.2, 0) is 14.3 Å². The molecule has 154 valence electrons. The Morgan fingerprint density at radius 3 is 2.54 bits per heavy atom. The third-order valence-corrected chi connectivity index (χ3v) is 5.77. The Bertz CT molecular complexity index is 715. The zero-order valence-electron chi connectivity index (χ0n) is 16.6. The molecule has 28 heavy (non-hydrogen) atoms. The molecule has 3 heterocycles. The van der Waals surface area contributed by atoms with Gasteiger partial charge in [0.2, 0.25) is 5.91 Å². The molecular weight excluding hydrogens is 362 g/mol. The van der Waals surface area contributed by atoms with Gasteiger partial charge in [-0.1, -0.05) is 0 Å². The van der Waals surface area contributed by atoms with E-state index in [0.29, 0.717) is 38.6 Å². The van der Waals surface area contributed by atoms with Crippen LogP contribution in [0.2, 0.25) is 0 Å². The Hall–Kier alpha value is -1.99.